The minimum Gasteiger partial charge on any atom is -0.373 e. The fraction of sp³-hybridized carbons (Fsp3) is 0.500. The van der Waals surface area contributed by atoms with Gasteiger partial charge < -0.3 is 20.0 Å². The van der Waals surface area contributed by atoms with Crippen LogP contribution in [0.3, 0.4) is 0 Å². The summed E-state index contributed by atoms with van der Waals surface area (Å²) in [6.45, 7) is 7.15. The monoisotopic (exact) mass is 440 g/mol. The lowest BCUT2D eigenvalue weighted by Gasteiger charge is -2.38. The van der Waals surface area contributed by atoms with E-state index in [0.717, 1.165) is 51.5 Å². The van der Waals surface area contributed by atoms with Crippen LogP contribution in [0.5, 0.6) is 0 Å². The molecule has 0 radical (unpaired) electrons. The van der Waals surface area contributed by atoms with E-state index in [0.29, 0.717) is 10.3 Å². The molecule has 31 heavy (non-hydrogen) atoms. The van der Waals surface area contributed by atoms with E-state index in [1.165, 1.54) is 36.0 Å². The van der Waals surface area contributed by atoms with Gasteiger partial charge in [-0.1, -0.05) is 0 Å². The summed E-state index contributed by atoms with van der Waals surface area (Å²) < 4.78 is 23.4. The van der Waals surface area contributed by atoms with Crippen LogP contribution in [0.15, 0.2) is 47.4 Å². The Morgan fingerprint density at radius 2 is 1.45 bits per heavy atom. The van der Waals surface area contributed by atoms with Crippen molar-refractivity contribution >= 4 is 26.9 Å². The number of piperidine rings is 1. The fourth-order valence-corrected chi connectivity index (χ4v) is 6.19. The van der Waals surface area contributed by atoms with E-state index < -0.39 is 9.84 Å². The molecule has 0 atom stereocenters. The van der Waals surface area contributed by atoms with Crippen LogP contribution >= 0.6 is 0 Å². The maximum atomic E-state index is 11.7. The Morgan fingerprint density at radius 1 is 0.871 bits per heavy atom. The van der Waals surface area contributed by atoms with Crippen LogP contribution in [0.25, 0.3) is 0 Å². The summed E-state index contributed by atoms with van der Waals surface area (Å²) in [7, 11) is -0.925. The van der Waals surface area contributed by atoms with Crippen LogP contribution in [-0.2, 0) is 15.3 Å². The minimum atomic E-state index is -3.15. The highest BCUT2D eigenvalue weighted by Crippen LogP contribution is 2.46. The molecule has 2 aromatic rings. The van der Waals surface area contributed by atoms with E-state index >= 15 is 0 Å². The van der Waals surface area contributed by atoms with E-state index in [2.05, 4.69) is 45.3 Å². The molecule has 1 N–H and O–H groups in total. The van der Waals surface area contributed by atoms with Gasteiger partial charge in [0.05, 0.1) is 4.90 Å². The second kappa shape index (κ2) is 7.71. The zero-order valence-electron chi connectivity index (χ0n) is 18.5. The summed E-state index contributed by atoms with van der Waals surface area (Å²) >= 11 is 0. The number of hydrogen-bond donors (Lipinski definition) is 1. The van der Waals surface area contributed by atoms with Crippen molar-refractivity contribution in [2.24, 2.45) is 0 Å². The lowest BCUT2D eigenvalue weighted by Crippen LogP contribution is -2.46. The molecular formula is C24H32N4O2S. The number of sulfone groups is 1. The van der Waals surface area contributed by atoms with Gasteiger partial charge in [0.15, 0.2) is 9.84 Å². The van der Waals surface area contributed by atoms with Gasteiger partial charge in [0.25, 0.3) is 0 Å². The highest BCUT2D eigenvalue weighted by molar-refractivity contribution is 7.90. The lowest BCUT2D eigenvalue weighted by atomic mass is 9.74. The van der Waals surface area contributed by atoms with Gasteiger partial charge in [-0.05, 0) is 74.0 Å². The molecule has 0 amide bonds. The molecule has 5 rings (SSSR count). The topological polar surface area (TPSA) is 55.9 Å². The Labute approximate surface area is 185 Å². The van der Waals surface area contributed by atoms with E-state index in [1.807, 2.05) is 12.1 Å². The van der Waals surface area contributed by atoms with Crippen LogP contribution in [-0.4, -0.2) is 67.5 Å². The van der Waals surface area contributed by atoms with Crippen LogP contribution in [0.1, 0.15) is 18.4 Å². The number of hydrogen-bond acceptors (Lipinski definition) is 6. The first kappa shape index (κ1) is 20.6. The molecule has 3 aliphatic rings. The minimum absolute atomic E-state index is 0.300. The van der Waals surface area contributed by atoms with Crippen LogP contribution in [0.2, 0.25) is 0 Å². The first-order valence-corrected chi connectivity index (χ1v) is 13.1. The van der Waals surface area contributed by atoms with Crippen molar-refractivity contribution in [3.8, 4) is 0 Å². The van der Waals surface area contributed by atoms with Crippen molar-refractivity contribution in [2.75, 3.05) is 73.8 Å². The van der Waals surface area contributed by atoms with Crippen molar-refractivity contribution in [3.05, 3.63) is 48.0 Å². The third-order valence-corrected chi connectivity index (χ3v) is 8.47. The van der Waals surface area contributed by atoms with Crippen molar-refractivity contribution < 1.29 is 8.42 Å². The van der Waals surface area contributed by atoms with Crippen molar-refractivity contribution in [2.45, 2.75) is 23.2 Å². The summed E-state index contributed by atoms with van der Waals surface area (Å²) in [5, 5.41) is 3.52. The van der Waals surface area contributed by atoms with Gasteiger partial charge >= 0.3 is 0 Å². The van der Waals surface area contributed by atoms with Gasteiger partial charge in [-0.3, -0.25) is 0 Å². The third kappa shape index (κ3) is 3.78. The number of nitrogens with one attached hydrogen (secondary N) is 1. The molecule has 0 aromatic heterocycles. The van der Waals surface area contributed by atoms with Crippen LogP contribution in [0, 0.1) is 0 Å². The van der Waals surface area contributed by atoms with Gasteiger partial charge in [0.2, 0.25) is 0 Å². The van der Waals surface area contributed by atoms with Gasteiger partial charge in [0.1, 0.15) is 0 Å². The summed E-state index contributed by atoms with van der Waals surface area (Å²) in [5.74, 6) is 0. The van der Waals surface area contributed by atoms with E-state index in [1.54, 1.807) is 12.1 Å². The SMILES string of the molecule is CN1CC2(CCNCC2)c2cc(N3CCN(c4ccc(S(C)(=O)=O)cc4)CC3)ccc21. The Morgan fingerprint density at radius 3 is 2.06 bits per heavy atom. The normalized spacial score (nSPS) is 20.9. The second-order valence-electron chi connectivity index (χ2n) is 9.33. The Balaban J connectivity index is 1.31. The molecule has 2 saturated heterocycles. The predicted octanol–water partition coefficient (Wildman–Crippen LogP) is 2.49. The molecule has 0 bridgehead atoms. The average Bonchev–Trinajstić information content (AvgIpc) is 3.04. The number of likely N-dealkylation sites (N-methyl/N-ethyl adjacent to an activating group) is 1. The van der Waals surface area contributed by atoms with Crippen molar-refractivity contribution in [1.82, 2.24) is 5.32 Å². The van der Waals surface area contributed by atoms with Crippen molar-refractivity contribution in [1.29, 1.82) is 0 Å². The Bertz CT molecular complexity index is 1050. The number of nitrogens with zero attached hydrogens (tertiary/aromatic N) is 3. The molecule has 2 aromatic carbocycles. The molecule has 6 nitrogen and oxygen atoms in total. The average molecular weight is 441 g/mol. The number of anilines is 3. The summed E-state index contributed by atoms with van der Waals surface area (Å²) in [6, 6.07) is 14.3. The molecule has 2 fully saturated rings. The second-order valence-corrected chi connectivity index (χ2v) is 11.3. The maximum absolute atomic E-state index is 11.7. The Hall–Kier alpha value is -2.25. The molecule has 166 valence electrons. The zero-order chi connectivity index (χ0) is 21.6. The summed E-state index contributed by atoms with van der Waals surface area (Å²) in [4.78, 5) is 7.65. The largest absolute Gasteiger partial charge is 0.373 e. The Kier molecular flexibility index (Phi) is 5.13. The maximum Gasteiger partial charge on any atom is 0.175 e. The van der Waals surface area contributed by atoms with Gasteiger partial charge in [0, 0.05) is 68.5 Å². The fourth-order valence-electron chi connectivity index (χ4n) is 5.56. The lowest BCUT2D eigenvalue weighted by molar-refractivity contribution is 0.328. The quantitative estimate of drug-likeness (QED) is 0.792. The zero-order valence-corrected chi connectivity index (χ0v) is 19.3. The standard InChI is InChI=1S/C24H32N4O2S/c1-26-18-24(9-11-25-12-10-24)22-17-20(5-8-23(22)26)28-15-13-27(14-16-28)19-3-6-21(7-4-19)31(2,29)30/h3-8,17,25H,9-16,18H2,1-2H3. The molecule has 0 saturated carbocycles. The van der Waals surface area contributed by atoms with E-state index in [4.69, 9.17) is 0 Å². The molecule has 3 aliphatic heterocycles. The number of fused-ring (bicyclic) bond motifs is 2. The predicted molar refractivity (Wildman–Crippen MR) is 127 cm³/mol. The molecule has 7 heteroatoms. The molecule has 3 heterocycles. The highest BCUT2D eigenvalue weighted by atomic mass is 32.2. The molecule has 0 unspecified atom stereocenters. The molecule has 0 aliphatic carbocycles. The smallest absolute Gasteiger partial charge is 0.175 e. The highest BCUT2D eigenvalue weighted by Gasteiger charge is 2.42. The van der Waals surface area contributed by atoms with Crippen molar-refractivity contribution in [3.63, 3.8) is 0 Å². The van der Waals surface area contributed by atoms with Gasteiger partial charge in [-0.25, -0.2) is 8.42 Å². The van der Waals surface area contributed by atoms with Gasteiger partial charge in [-0.2, -0.15) is 0 Å². The molecular weight excluding hydrogens is 408 g/mol. The summed E-state index contributed by atoms with van der Waals surface area (Å²) in [5.41, 5.74) is 5.66. The van der Waals surface area contributed by atoms with Crippen LogP contribution in [0.4, 0.5) is 17.1 Å². The molecule has 1 spiro atoms. The summed E-state index contributed by atoms with van der Waals surface area (Å²) in [6.07, 6.45) is 3.68. The first-order chi connectivity index (χ1) is 14.9. The van der Waals surface area contributed by atoms with E-state index in [9.17, 15) is 8.42 Å². The first-order valence-electron chi connectivity index (χ1n) is 11.2. The number of benzene rings is 2. The third-order valence-electron chi connectivity index (χ3n) is 7.34. The van der Waals surface area contributed by atoms with E-state index in [-0.39, 0.29) is 0 Å². The number of rotatable bonds is 3. The van der Waals surface area contributed by atoms with Crippen LogP contribution < -0.4 is 20.0 Å². The number of piperazine rings is 1. The van der Waals surface area contributed by atoms with Gasteiger partial charge in [-0.15, -0.1) is 0 Å².